The van der Waals surface area contributed by atoms with Crippen LogP contribution >= 0.6 is 11.6 Å². The van der Waals surface area contributed by atoms with Crippen molar-refractivity contribution in [2.75, 3.05) is 13.1 Å². The van der Waals surface area contributed by atoms with Gasteiger partial charge in [0.05, 0.1) is 15.5 Å². The Morgan fingerprint density at radius 1 is 0.931 bits per heavy atom. The zero-order valence-corrected chi connectivity index (χ0v) is 17.5. The molecule has 1 saturated heterocycles. The molecule has 2 aromatic carbocycles. The number of aryl methyl sites for hydroxylation is 1. The maximum atomic E-state index is 12.8. The molecular weight excluding hydrogens is 414 g/mol. The SMILES string of the molecule is Cc1ccc(C(=O)NNC(=O)c2cc(S(=O)(=O)N3CCCCC3)ccc2Cl)cc1. The molecule has 3 rings (SSSR count). The van der Waals surface area contributed by atoms with Crippen LogP contribution in [0.15, 0.2) is 47.4 Å². The Labute approximate surface area is 175 Å². The van der Waals surface area contributed by atoms with Gasteiger partial charge in [-0.2, -0.15) is 4.31 Å². The van der Waals surface area contributed by atoms with Crippen LogP contribution in [0.1, 0.15) is 45.5 Å². The zero-order valence-electron chi connectivity index (χ0n) is 15.9. The lowest BCUT2D eigenvalue weighted by molar-refractivity contribution is 0.0846. The van der Waals surface area contributed by atoms with Crippen molar-refractivity contribution in [2.45, 2.75) is 31.1 Å². The summed E-state index contributed by atoms with van der Waals surface area (Å²) in [6.45, 7) is 2.81. The highest BCUT2D eigenvalue weighted by molar-refractivity contribution is 7.89. The van der Waals surface area contributed by atoms with Gasteiger partial charge in [0, 0.05) is 18.7 Å². The van der Waals surface area contributed by atoms with Gasteiger partial charge in [-0.3, -0.25) is 20.4 Å². The second-order valence-corrected chi connectivity index (χ2v) is 9.23. The number of hydrogen-bond donors (Lipinski definition) is 2. The molecule has 1 heterocycles. The highest BCUT2D eigenvalue weighted by atomic mass is 35.5. The second-order valence-electron chi connectivity index (χ2n) is 6.88. The third-order valence-corrected chi connectivity index (χ3v) is 6.96. The van der Waals surface area contributed by atoms with Gasteiger partial charge >= 0.3 is 0 Å². The zero-order chi connectivity index (χ0) is 21.0. The number of rotatable bonds is 4. The normalized spacial score (nSPS) is 15.0. The molecule has 1 aliphatic heterocycles. The van der Waals surface area contributed by atoms with Crippen molar-refractivity contribution in [2.24, 2.45) is 0 Å². The second kappa shape index (κ2) is 8.94. The van der Waals surface area contributed by atoms with E-state index in [4.69, 9.17) is 11.6 Å². The Bertz CT molecular complexity index is 1020. The van der Waals surface area contributed by atoms with Crippen LogP contribution in [0.25, 0.3) is 0 Å². The van der Waals surface area contributed by atoms with Gasteiger partial charge in [0.2, 0.25) is 10.0 Å². The van der Waals surface area contributed by atoms with E-state index in [1.165, 1.54) is 22.5 Å². The van der Waals surface area contributed by atoms with Crippen LogP contribution in [-0.2, 0) is 10.0 Å². The Kier molecular flexibility index (Phi) is 6.56. The van der Waals surface area contributed by atoms with Crippen LogP contribution in [0.2, 0.25) is 5.02 Å². The van der Waals surface area contributed by atoms with Gasteiger partial charge in [-0.25, -0.2) is 8.42 Å². The van der Waals surface area contributed by atoms with Crippen LogP contribution < -0.4 is 10.9 Å². The topological polar surface area (TPSA) is 95.6 Å². The summed E-state index contributed by atoms with van der Waals surface area (Å²) in [6, 6.07) is 10.8. The van der Waals surface area contributed by atoms with E-state index in [0.29, 0.717) is 18.7 Å². The average Bonchev–Trinajstić information content (AvgIpc) is 2.73. The Morgan fingerprint density at radius 2 is 1.55 bits per heavy atom. The lowest BCUT2D eigenvalue weighted by Gasteiger charge is -2.26. The highest BCUT2D eigenvalue weighted by Crippen LogP contribution is 2.25. The van der Waals surface area contributed by atoms with Crippen LogP contribution in [0.4, 0.5) is 0 Å². The number of carbonyl (C=O) groups is 2. The number of hydrogen-bond acceptors (Lipinski definition) is 4. The van der Waals surface area contributed by atoms with Crippen molar-refractivity contribution >= 4 is 33.4 Å². The summed E-state index contributed by atoms with van der Waals surface area (Å²) in [5.74, 6) is -1.20. The molecule has 0 unspecified atom stereocenters. The number of nitrogens with one attached hydrogen (secondary N) is 2. The lowest BCUT2D eigenvalue weighted by atomic mass is 10.1. The molecule has 0 spiro atoms. The predicted octanol–water partition coefficient (Wildman–Crippen LogP) is 2.90. The fraction of sp³-hybridized carbons (Fsp3) is 0.300. The Morgan fingerprint density at radius 3 is 2.21 bits per heavy atom. The largest absolute Gasteiger partial charge is 0.271 e. The lowest BCUT2D eigenvalue weighted by Crippen LogP contribution is -2.42. The molecule has 2 amide bonds. The van der Waals surface area contributed by atoms with Gasteiger partial charge in [-0.05, 0) is 50.1 Å². The van der Waals surface area contributed by atoms with Gasteiger partial charge in [0.15, 0.2) is 0 Å². The molecule has 154 valence electrons. The standard InChI is InChI=1S/C20H22ClN3O4S/c1-14-5-7-15(8-6-14)19(25)22-23-20(26)17-13-16(9-10-18(17)21)29(27,28)24-11-3-2-4-12-24/h5-10,13H,2-4,11-12H2,1H3,(H,22,25)(H,23,26). The van der Waals surface area contributed by atoms with E-state index in [2.05, 4.69) is 10.9 Å². The number of piperidine rings is 1. The van der Waals surface area contributed by atoms with Crippen LogP contribution in [-0.4, -0.2) is 37.6 Å². The van der Waals surface area contributed by atoms with Crippen molar-refractivity contribution in [1.29, 1.82) is 0 Å². The molecule has 0 atom stereocenters. The molecule has 2 N–H and O–H groups in total. The van der Waals surface area contributed by atoms with Gasteiger partial charge in [-0.1, -0.05) is 35.7 Å². The fourth-order valence-corrected chi connectivity index (χ4v) is 4.80. The summed E-state index contributed by atoms with van der Waals surface area (Å²) in [7, 11) is -3.71. The maximum absolute atomic E-state index is 12.8. The minimum absolute atomic E-state index is 0.00110. The molecule has 29 heavy (non-hydrogen) atoms. The quantitative estimate of drug-likeness (QED) is 0.722. The molecular formula is C20H22ClN3O4S. The van der Waals surface area contributed by atoms with E-state index in [1.54, 1.807) is 24.3 Å². The maximum Gasteiger partial charge on any atom is 0.271 e. The molecule has 1 aliphatic rings. The van der Waals surface area contributed by atoms with Crippen LogP contribution in [0, 0.1) is 6.92 Å². The van der Waals surface area contributed by atoms with Crippen molar-refractivity contribution in [3.8, 4) is 0 Å². The molecule has 7 nitrogen and oxygen atoms in total. The number of hydrazine groups is 1. The first kappa shape index (κ1) is 21.3. The molecule has 9 heteroatoms. The van der Waals surface area contributed by atoms with Gasteiger partial charge < -0.3 is 0 Å². The first-order valence-electron chi connectivity index (χ1n) is 9.26. The monoisotopic (exact) mass is 435 g/mol. The average molecular weight is 436 g/mol. The number of nitrogens with zero attached hydrogens (tertiary/aromatic N) is 1. The number of benzene rings is 2. The molecule has 0 radical (unpaired) electrons. The first-order valence-corrected chi connectivity index (χ1v) is 11.1. The van der Waals surface area contributed by atoms with E-state index in [9.17, 15) is 18.0 Å². The van der Waals surface area contributed by atoms with Crippen molar-refractivity contribution in [1.82, 2.24) is 15.2 Å². The molecule has 2 aromatic rings. The summed E-state index contributed by atoms with van der Waals surface area (Å²) in [5.41, 5.74) is 5.94. The third-order valence-electron chi connectivity index (χ3n) is 4.74. The number of carbonyl (C=O) groups excluding carboxylic acids is 2. The van der Waals surface area contributed by atoms with Crippen LogP contribution in [0.3, 0.4) is 0 Å². The molecule has 0 aromatic heterocycles. The summed E-state index contributed by atoms with van der Waals surface area (Å²) in [4.78, 5) is 24.6. The van der Waals surface area contributed by atoms with Gasteiger partial charge in [-0.15, -0.1) is 0 Å². The van der Waals surface area contributed by atoms with E-state index in [1.807, 2.05) is 6.92 Å². The molecule has 1 fully saturated rings. The van der Waals surface area contributed by atoms with E-state index in [-0.39, 0.29) is 15.5 Å². The molecule has 0 bridgehead atoms. The summed E-state index contributed by atoms with van der Waals surface area (Å²) in [5, 5.41) is 0.0877. The van der Waals surface area contributed by atoms with Crippen molar-refractivity contribution < 1.29 is 18.0 Å². The first-order chi connectivity index (χ1) is 13.8. The smallest absolute Gasteiger partial charge is 0.267 e. The highest BCUT2D eigenvalue weighted by Gasteiger charge is 2.27. The number of amides is 2. The summed E-state index contributed by atoms with van der Waals surface area (Å²) in [6.07, 6.45) is 2.62. The van der Waals surface area contributed by atoms with E-state index < -0.39 is 21.8 Å². The van der Waals surface area contributed by atoms with E-state index >= 15 is 0 Å². The van der Waals surface area contributed by atoms with Crippen molar-refractivity contribution in [3.05, 3.63) is 64.2 Å². The minimum atomic E-state index is -3.71. The third kappa shape index (κ3) is 4.95. The summed E-state index contributed by atoms with van der Waals surface area (Å²) >= 11 is 6.09. The predicted molar refractivity (Wildman–Crippen MR) is 110 cm³/mol. The van der Waals surface area contributed by atoms with Gasteiger partial charge in [0.25, 0.3) is 11.8 Å². The Balaban J connectivity index is 1.74. The summed E-state index contributed by atoms with van der Waals surface area (Å²) < 4.78 is 27.1. The van der Waals surface area contributed by atoms with Crippen LogP contribution in [0.5, 0.6) is 0 Å². The number of halogens is 1. The van der Waals surface area contributed by atoms with Crippen molar-refractivity contribution in [3.63, 3.8) is 0 Å². The van der Waals surface area contributed by atoms with E-state index in [0.717, 1.165) is 24.8 Å². The molecule has 0 saturated carbocycles. The molecule has 0 aliphatic carbocycles. The Hall–Kier alpha value is -2.42. The minimum Gasteiger partial charge on any atom is -0.267 e. The fourth-order valence-electron chi connectivity index (χ4n) is 3.05. The number of sulfonamides is 1. The van der Waals surface area contributed by atoms with Gasteiger partial charge in [0.1, 0.15) is 0 Å².